The predicted octanol–water partition coefficient (Wildman–Crippen LogP) is 5.68. The Kier molecular flexibility index (Phi) is 7.23. The van der Waals surface area contributed by atoms with Gasteiger partial charge in [0, 0.05) is 41.4 Å². The van der Waals surface area contributed by atoms with Crippen LogP contribution in [0.3, 0.4) is 0 Å². The Labute approximate surface area is 231 Å². The Morgan fingerprint density at radius 3 is 2.51 bits per heavy atom. The zero-order valence-corrected chi connectivity index (χ0v) is 24.1. The van der Waals surface area contributed by atoms with Crippen molar-refractivity contribution in [2.24, 2.45) is 10.8 Å². The molecule has 2 fully saturated rings. The van der Waals surface area contributed by atoms with E-state index >= 15 is 0 Å². The van der Waals surface area contributed by atoms with Crippen LogP contribution in [0.1, 0.15) is 101 Å². The molecular weight excluding hydrogens is 492 g/mol. The quantitative estimate of drug-likeness (QED) is 0.471. The van der Waals surface area contributed by atoms with Crippen LogP contribution < -0.4 is 4.74 Å². The number of benzene rings is 1. The van der Waals surface area contributed by atoms with E-state index in [0.29, 0.717) is 30.6 Å². The molecule has 1 amide bonds. The van der Waals surface area contributed by atoms with Crippen molar-refractivity contribution in [1.29, 1.82) is 0 Å². The van der Waals surface area contributed by atoms with Gasteiger partial charge in [-0.25, -0.2) is 0 Å². The molecule has 2 bridgehead atoms. The molecule has 3 aliphatic rings. The minimum atomic E-state index is -0.433. The molecule has 210 valence electrons. The number of methoxy groups -OCH3 is 1. The lowest BCUT2D eigenvalue weighted by atomic mass is 9.79. The van der Waals surface area contributed by atoms with Crippen LogP contribution in [0.2, 0.25) is 0 Å². The van der Waals surface area contributed by atoms with Crippen molar-refractivity contribution in [2.75, 3.05) is 7.11 Å². The average molecular weight is 535 g/mol. The summed E-state index contributed by atoms with van der Waals surface area (Å²) in [5, 5.41) is 0.803. The topological polar surface area (TPSA) is 85.7 Å². The molecule has 1 saturated heterocycles. The highest BCUT2D eigenvalue weighted by molar-refractivity contribution is 6.08. The van der Waals surface area contributed by atoms with Gasteiger partial charge in [0.25, 0.3) is 0 Å². The van der Waals surface area contributed by atoms with Crippen molar-refractivity contribution < 1.29 is 23.9 Å². The van der Waals surface area contributed by atoms with Crippen LogP contribution in [-0.2, 0) is 27.3 Å². The van der Waals surface area contributed by atoms with Crippen molar-refractivity contribution >= 4 is 34.2 Å². The molecule has 1 aliphatic carbocycles. The summed E-state index contributed by atoms with van der Waals surface area (Å²) in [6.07, 6.45) is 9.46. The van der Waals surface area contributed by atoms with E-state index in [0.717, 1.165) is 61.4 Å². The van der Waals surface area contributed by atoms with Crippen molar-refractivity contribution in [3.8, 4) is 5.75 Å². The molecule has 0 N–H and O–H groups in total. The molecule has 0 radical (unpaired) electrons. The number of aryl methyl sites for hydroxylation is 1. The average Bonchev–Trinajstić information content (AvgIpc) is 3.31. The number of nitrogens with zero attached hydrogens (tertiary/aromatic N) is 2. The molecule has 0 unspecified atom stereocenters. The number of ether oxygens (including phenoxy) is 1. The Hall–Kier alpha value is -2.96. The van der Waals surface area contributed by atoms with Crippen molar-refractivity contribution in [3.05, 3.63) is 29.5 Å². The maximum absolute atomic E-state index is 14.0. The number of hydrogen-bond donors (Lipinski definition) is 0. The van der Waals surface area contributed by atoms with Gasteiger partial charge in [0.1, 0.15) is 18.1 Å². The molecule has 2 aromatic rings. The molecule has 7 nitrogen and oxygen atoms in total. The van der Waals surface area contributed by atoms with Gasteiger partial charge in [-0.3, -0.25) is 19.2 Å². The largest absolute Gasteiger partial charge is 0.497 e. The minimum Gasteiger partial charge on any atom is -0.497 e. The number of aromatic nitrogens is 1. The summed E-state index contributed by atoms with van der Waals surface area (Å²) in [5.41, 5.74) is 2.01. The molecular formula is C32H42N2O5. The van der Waals surface area contributed by atoms with Gasteiger partial charge in [0.15, 0.2) is 11.6 Å². The van der Waals surface area contributed by atoms with Gasteiger partial charge >= 0.3 is 0 Å². The van der Waals surface area contributed by atoms with Gasteiger partial charge in [-0.1, -0.05) is 33.6 Å². The summed E-state index contributed by atoms with van der Waals surface area (Å²) in [7, 11) is 1.62. The number of hydrogen-bond acceptors (Lipinski definition) is 5. The van der Waals surface area contributed by atoms with E-state index in [1.165, 1.54) is 0 Å². The van der Waals surface area contributed by atoms with E-state index in [1.54, 1.807) is 20.2 Å². The lowest BCUT2D eigenvalue weighted by molar-refractivity contribution is -0.139. The molecule has 1 aromatic heterocycles. The third-order valence-electron chi connectivity index (χ3n) is 9.72. The third-order valence-corrected chi connectivity index (χ3v) is 9.72. The second kappa shape index (κ2) is 10.2. The van der Waals surface area contributed by atoms with Crippen LogP contribution in [0.5, 0.6) is 5.75 Å². The molecule has 39 heavy (non-hydrogen) atoms. The van der Waals surface area contributed by atoms with Crippen LogP contribution >= 0.6 is 0 Å². The monoisotopic (exact) mass is 534 g/mol. The summed E-state index contributed by atoms with van der Waals surface area (Å²) in [6.45, 7) is 7.60. The van der Waals surface area contributed by atoms with Crippen LogP contribution in [-0.4, -0.2) is 51.9 Å². The van der Waals surface area contributed by atoms with Gasteiger partial charge in [-0.2, -0.15) is 0 Å². The highest BCUT2D eigenvalue weighted by Crippen LogP contribution is 2.62. The first-order valence-corrected chi connectivity index (χ1v) is 14.6. The molecule has 1 saturated carbocycles. The first-order valence-electron chi connectivity index (χ1n) is 14.6. The van der Waals surface area contributed by atoms with Gasteiger partial charge in [0.2, 0.25) is 5.91 Å². The SMILES string of the molecule is CCC(=O)[C@@H]1C[C@]23CCC(=O)C(C)(C)CCCCCc4cc(OC)cc5c(C(C)=O)cn(c45)CC(=O)N1[C@@H]2C3. The number of rotatable bonds is 4. The molecule has 5 rings (SSSR count). The van der Waals surface area contributed by atoms with Gasteiger partial charge in [-0.15, -0.1) is 0 Å². The minimum absolute atomic E-state index is 0.00534. The fraction of sp³-hybridized carbons (Fsp3) is 0.625. The summed E-state index contributed by atoms with van der Waals surface area (Å²) >= 11 is 0. The maximum atomic E-state index is 14.0. The first kappa shape index (κ1) is 27.6. The molecule has 3 heterocycles. The maximum Gasteiger partial charge on any atom is 0.243 e. The Morgan fingerprint density at radius 1 is 1.05 bits per heavy atom. The second-order valence-electron chi connectivity index (χ2n) is 12.7. The van der Waals surface area contributed by atoms with Crippen LogP contribution in [0.15, 0.2) is 18.3 Å². The van der Waals surface area contributed by atoms with Gasteiger partial charge in [-0.05, 0) is 68.6 Å². The van der Waals surface area contributed by atoms with Crippen LogP contribution in [0.25, 0.3) is 10.9 Å². The van der Waals surface area contributed by atoms with Crippen molar-refractivity contribution in [1.82, 2.24) is 9.47 Å². The highest BCUT2D eigenvalue weighted by atomic mass is 16.5. The Bertz CT molecular complexity index is 1340. The zero-order valence-electron chi connectivity index (χ0n) is 24.1. The van der Waals surface area contributed by atoms with Crippen LogP contribution in [0.4, 0.5) is 0 Å². The Morgan fingerprint density at radius 2 is 1.82 bits per heavy atom. The van der Waals surface area contributed by atoms with Gasteiger partial charge in [0.05, 0.1) is 18.7 Å². The van der Waals surface area contributed by atoms with E-state index in [4.69, 9.17) is 4.74 Å². The number of ketones is 3. The molecule has 0 spiro atoms. The number of amides is 1. The Balaban J connectivity index is 1.58. The number of carbonyl (C=O) groups excluding carboxylic acids is 4. The molecule has 7 heteroatoms. The van der Waals surface area contributed by atoms with Crippen LogP contribution in [0, 0.1) is 10.8 Å². The first-order chi connectivity index (χ1) is 18.5. The normalized spacial score (nSPS) is 27.3. The van der Waals surface area contributed by atoms with E-state index in [9.17, 15) is 19.2 Å². The summed E-state index contributed by atoms with van der Waals surface area (Å²) < 4.78 is 7.51. The summed E-state index contributed by atoms with van der Waals surface area (Å²) in [5.74, 6) is 0.926. The fourth-order valence-corrected chi connectivity index (χ4v) is 7.20. The molecule has 2 aliphatic heterocycles. The van der Waals surface area contributed by atoms with E-state index in [2.05, 4.69) is 13.8 Å². The summed E-state index contributed by atoms with van der Waals surface area (Å²) in [4.78, 5) is 54.8. The van der Waals surface area contributed by atoms with E-state index in [1.807, 2.05) is 28.5 Å². The van der Waals surface area contributed by atoms with E-state index in [-0.39, 0.29) is 46.7 Å². The van der Waals surface area contributed by atoms with E-state index < -0.39 is 6.04 Å². The molecule has 3 atom stereocenters. The number of Topliss-reactive ketones (excluding diaryl/α,β-unsaturated/α-hetero) is 3. The van der Waals surface area contributed by atoms with Crippen molar-refractivity contribution in [3.63, 3.8) is 0 Å². The summed E-state index contributed by atoms with van der Waals surface area (Å²) in [6, 6.07) is 3.47. The lowest BCUT2D eigenvalue weighted by Gasteiger charge is -2.27. The zero-order chi connectivity index (χ0) is 28.1. The number of carbonyl (C=O) groups is 4. The molecule has 1 aromatic carbocycles. The fourth-order valence-electron chi connectivity index (χ4n) is 7.20. The lowest BCUT2D eigenvalue weighted by Crippen LogP contribution is -2.44. The highest BCUT2D eigenvalue weighted by Gasteiger charge is 2.66. The smallest absolute Gasteiger partial charge is 0.243 e. The standard InChI is InChI=1S/C32H42N2O5/c1-6-26(36)25-16-32-13-11-28(37)31(3,4)12-9-7-8-10-21-14-22(39-5)15-23-24(20(2)35)18-33(30(21)23)19-29(38)34(25)27(32)17-32/h14-15,18,25,27H,6-13,16-17,19H2,1-5H3/t25-,27+,32-/m0/s1. The van der Waals surface area contributed by atoms with Gasteiger partial charge < -0.3 is 14.2 Å². The second-order valence-corrected chi connectivity index (χ2v) is 12.7. The third kappa shape index (κ3) is 4.93. The number of piperidine rings is 1. The predicted molar refractivity (Wildman–Crippen MR) is 150 cm³/mol. The van der Waals surface area contributed by atoms with Crippen molar-refractivity contribution in [2.45, 2.75) is 111 Å².